The SMILES string of the molecule is CC(C)COC(=O)NC(=N[C@@H](CC(C)(C)C)C(=O)NCC#N)c1ccccc1. The maximum atomic E-state index is 12.5. The van der Waals surface area contributed by atoms with E-state index >= 15 is 0 Å². The minimum absolute atomic E-state index is 0.0977. The number of alkyl carbamates (subject to hydrolysis) is 1. The van der Waals surface area contributed by atoms with Crippen molar-refractivity contribution in [1.82, 2.24) is 10.6 Å². The van der Waals surface area contributed by atoms with Gasteiger partial charge in [0.1, 0.15) is 18.4 Å². The van der Waals surface area contributed by atoms with Crippen molar-refractivity contribution in [1.29, 1.82) is 5.26 Å². The molecule has 1 aromatic carbocycles. The zero-order chi connectivity index (χ0) is 21.2. The van der Waals surface area contributed by atoms with Gasteiger partial charge in [-0.2, -0.15) is 5.26 Å². The number of benzene rings is 1. The molecule has 0 bridgehead atoms. The zero-order valence-corrected chi connectivity index (χ0v) is 17.3. The smallest absolute Gasteiger partial charge is 0.412 e. The number of ether oxygens (including phenoxy) is 1. The van der Waals surface area contributed by atoms with Crippen LogP contribution in [0, 0.1) is 22.7 Å². The average molecular weight is 386 g/mol. The predicted molar refractivity (Wildman–Crippen MR) is 109 cm³/mol. The van der Waals surface area contributed by atoms with E-state index in [1.165, 1.54) is 0 Å². The van der Waals surface area contributed by atoms with E-state index < -0.39 is 12.1 Å². The van der Waals surface area contributed by atoms with Crippen LogP contribution < -0.4 is 10.6 Å². The summed E-state index contributed by atoms with van der Waals surface area (Å²) in [6.07, 6.45) is -0.174. The first kappa shape index (κ1) is 23.2. The number of carbonyl (C=O) groups is 2. The van der Waals surface area contributed by atoms with Gasteiger partial charge in [0.2, 0.25) is 5.91 Å². The van der Waals surface area contributed by atoms with E-state index in [9.17, 15) is 9.59 Å². The second-order valence-electron chi connectivity index (χ2n) is 8.12. The Morgan fingerprint density at radius 1 is 1.21 bits per heavy atom. The molecule has 152 valence electrons. The third-order valence-electron chi connectivity index (χ3n) is 3.55. The van der Waals surface area contributed by atoms with Crippen molar-refractivity contribution in [2.24, 2.45) is 16.3 Å². The molecule has 0 spiro atoms. The molecule has 0 saturated heterocycles. The lowest BCUT2D eigenvalue weighted by atomic mass is 9.88. The van der Waals surface area contributed by atoms with Crippen molar-refractivity contribution >= 4 is 17.8 Å². The molecule has 0 fully saturated rings. The molecule has 0 heterocycles. The Balaban J connectivity index is 3.17. The first-order valence-electron chi connectivity index (χ1n) is 9.34. The molecule has 1 rings (SSSR count). The maximum Gasteiger partial charge on any atom is 0.412 e. The second-order valence-corrected chi connectivity index (χ2v) is 8.12. The summed E-state index contributed by atoms with van der Waals surface area (Å²) in [4.78, 5) is 29.3. The standard InChI is InChI=1S/C21H30N4O3/c1-15(2)14-28-20(27)25-18(16-9-7-6-8-10-16)24-17(13-21(3,4)5)19(26)23-12-11-22/h6-10,15,17H,12-14H2,1-5H3,(H,23,26)(H,24,25,27)/t17-/m0/s1. The molecular weight excluding hydrogens is 356 g/mol. The summed E-state index contributed by atoms with van der Waals surface area (Å²) in [5, 5.41) is 14.0. The first-order chi connectivity index (χ1) is 13.1. The molecule has 1 atom stereocenters. The Morgan fingerprint density at radius 3 is 2.39 bits per heavy atom. The van der Waals surface area contributed by atoms with Crippen LogP contribution in [0.15, 0.2) is 35.3 Å². The molecule has 2 N–H and O–H groups in total. The van der Waals surface area contributed by atoms with Crippen LogP contribution in [0.5, 0.6) is 0 Å². The number of hydrogen-bond donors (Lipinski definition) is 2. The molecule has 28 heavy (non-hydrogen) atoms. The van der Waals surface area contributed by atoms with Crippen LogP contribution in [0.4, 0.5) is 4.79 Å². The van der Waals surface area contributed by atoms with Crippen LogP contribution >= 0.6 is 0 Å². The summed E-state index contributed by atoms with van der Waals surface area (Å²) in [5.74, 6) is 0.103. The molecule has 7 heteroatoms. The van der Waals surface area contributed by atoms with Crippen LogP contribution in [0.3, 0.4) is 0 Å². The number of nitrogens with zero attached hydrogens (tertiary/aromatic N) is 2. The summed E-state index contributed by atoms with van der Waals surface area (Å²) in [5.41, 5.74) is 0.481. The second kappa shape index (κ2) is 11.1. The van der Waals surface area contributed by atoms with Crippen molar-refractivity contribution in [2.45, 2.75) is 47.1 Å². The molecule has 0 aliphatic rings. The summed E-state index contributed by atoms with van der Waals surface area (Å²) in [7, 11) is 0. The lowest BCUT2D eigenvalue weighted by Crippen LogP contribution is -2.39. The van der Waals surface area contributed by atoms with Crippen LogP contribution in [0.25, 0.3) is 0 Å². The number of amides is 2. The van der Waals surface area contributed by atoms with E-state index in [1.54, 1.807) is 12.1 Å². The van der Waals surface area contributed by atoms with Gasteiger partial charge < -0.3 is 10.1 Å². The van der Waals surface area contributed by atoms with Crippen LogP contribution in [-0.2, 0) is 9.53 Å². The molecule has 0 aromatic heterocycles. The van der Waals surface area contributed by atoms with Gasteiger partial charge in [-0.15, -0.1) is 0 Å². The van der Waals surface area contributed by atoms with Crippen molar-refractivity contribution in [2.75, 3.05) is 13.2 Å². The van der Waals surface area contributed by atoms with Crippen molar-refractivity contribution in [3.63, 3.8) is 0 Å². The largest absolute Gasteiger partial charge is 0.449 e. The Bertz CT molecular complexity index is 715. The van der Waals surface area contributed by atoms with Gasteiger partial charge >= 0.3 is 6.09 Å². The van der Waals surface area contributed by atoms with E-state index in [2.05, 4.69) is 15.6 Å². The number of nitriles is 1. The average Bonchev–Trinajstić information content (AvgIpc) is 2.62. The fourth-order valence-electron chi connectivity index (χ4n) is 2.33. The van der Waals surface area contributed by atoms with E-state index in [0.717, 1.165) is 0 Å². The molecule has 0 saturated carbocycles. The lowest BCUT2D eigenvalue weighted by molar-refractivity contribution is -0.122. The number of rotatable bonds is 7. The summed E-state index contributed by atoms with van der Waals surface area (Å²) in [6.45, 7) is 10.1. The van der Waals surface area contributed by atoms with Crippen LogP contribution in [0.2, 0.25) is 0 Å². The van der Waals surface area contributed by atoms with Crippen LogP contribution in [-0.4, -0.2) is 37.0 Å². The quantitative estimate of drug-likeness (QED) is 0.426. The Hall–Kier alpha value is -2.88. The van der Waals surface area contributed by atoms with Gasteiger partial charge in [-0.3, -0.25) is 15.1 Å². The Morgan fingerprint density at radius 2 is 1.86 bits per heavy atom. The third-order valence-corrected chi connectivity index (χ3v) is 3.55. The fraction of sp³-hybridized carbons (Fsp3) is 0.524. The minimum Gasteiger partial charge on any atom is -0.449 e. The van der Waals surface area contributed by atoms with Gasteiger partial charge in [0.25, 0.3) is 0 Å². The molecule has 0 unspecified atom stereocenters. The van der Waals surface area contributed by atoms with Gasteiger partial charge in [-0.05, 0) is 17.8 Å². The number of hydrogen-bond acceptors (Lipinski definition) is 5. The normalized spacial score (nSPS) is 12.8. The van der Waals surface area contributed by atoms with Crippen molar-refractivity contribution in [3.8, 4) is 6.07 Å². The molecule has 1 aromatic rings. The summed E-state index contributed by atoms with van der Waals surface area (Å²) >= 11 is 0. The number of carbonyl (C=O) groups excluding carboxylic acids is 2. The predicted octanol–water partition coefficient (Wildman–Crippen LogP) is 3.26. The summed E-state index contributed by atoms with van der Waals surface area (Å²) < 4.78 is 5.19. The highest BCUT2D eigenvalue weighted by atomic mass is 16.5. The summed E-state index contributed by atoms with van der Waals surface area (Å²) in [6, 6.07) is 10.2. The molecule has 0 radical (unpaired) electrons. The van der Waals surface area contributed by atoms with E-state index in [0.29, 0.717) is 12.0 Å². The fourth-order valence-corrected chi connectivity index (χ4v) is 2.33. The molecular formula is C21H30N4O3. The Labute approximate surface area is 167 Å². The van der Waals surface area contributed by atoms with E-state index in [4.69, 9.17) is 10.00 Å². The highest BCUT2D eigenvalue weighted by Gasteiger charge is 2.25. The molecule has 2 amide bonds. The van der Waals surface area contributed by atoms with Crippen LogP contribution in [0.1, 0.15) is 46.6 Å². The van der Waals surface area contributed by atoms with Gasteiger partial charge in [-0.25, -0.2) is 4.79 Å². The molecule has 0 aliphatic carbocycles. The van der Waals surface area contributed by atoms with Crippen molar-refractivity contribution < 1.29 is 14.3 Å². The van der Waals surface area contributed by atoms with Crippen molar-refractivity contribution in [3.05, 3.63) is 35.9 Å². The topological polar surface area (TPSA) is 104 Å². The first-order valence-corrected chi connectivity index (χ1v) is 9.34. The number of amidine groups is 1. The van der Waals surface area contributed by atoms with Gasteiger partial charge in [0.05, 0.1) is 12.7 Å². The van der Waals surface area contributed by atoms with Gasteiger partial charge in [0, 0.05) is 5.56 Å². The highest BCUT2D eigenvalue weighted by Crippen LogP contribution is 2.23. The van der Waals surface area contributed by atoms with Gasteiger partial charge in [0.15, 0.2) is 0 Å². The van der Waals surface area contributed by atoms with E-state index in [1.807, 2.05) is 58.9 Å². The third kappa shape index (κ3) is 9.17. The Kier molecular flexibility index (Phi) is 9.16. The molecule has 0 aliphatic heterocycles. The zero-order valence-electron chi connectivity index (χ0n) is 17.3. The van der Waals surface area contributed by atoms with Gasteiger partial charge in [-0.1, -0.05) is 65.0 Å². The monoisotopic (exact) mass is 386 g/mol. The maximum absolute atomic E-state index is 12.5. The lowest BCUT2D eigenvalue weighted by Gasteiger charge is -2.23. The minimum atomic E-state index is -0.756. The molecule has 7 nitrogen and oxygen atoms in total. The number of nitrogens with one attached hydrogen (secondary N) is 2. The van der Waals surface area contributed by atoms with E-state index in [-0.39, 0.29) is 36.2 Å². The highest BCUT2D eigenvalue weighted by molar-refractivity contribution is 6.07. The number of aliphatic imine (C=N–C) groups is 1.